The summed E-state index contributed by atoms with van der Waals surface area (Å²) in [7, 11) is 0. The van der Waals surface area contributed by atoms with Crippen molar-refractivity contribution < 1.29 is 23.0 Å². The van der Waals surface area contributed by atoms with Crippen molar-refractivity contribution in [3.8, 4) is 5.75 Å². The van der Waals surface area contributed by atoms with Gasteiger partial charge in [-0.2, -0.15) is 0 Å². The molecule has 2 aromatic carbocycles. The molecule has 1 saturated heterocycles. The number of halogens is 2. The highest BCUT2D eigenvalue weighted by atomic mass is 19.1. The molecule has 0 aromatic heterocycles. The minimum Gasteiger partial charge on any atom is -0.491 e. The molecule has 0 saturated carbocycles. The van der Waals surface area contributed by atoms with E-state index >= 15 is 0 Å². The van der Waals surface area contributed by atoms with Crippen molar-refractivity contribution in [2.45, 2.75) is 18.9 Å². The van der Waals surface area contributed by atoms with Gasteiger partial charge in [0.1, 0.15) is 24.0 Å². The summed E-state index contributed by atoms with van der Waals surface area (Å²) in [6, 6.07) is 9.34. The summed E-state index contributed by atoms with van der Waals surface area (Å²) < 4.78 is 37.7. The van der Waals surface area contributed by atoms with Crippen molar-refractivity contribution in [3.63, 3.8) is 0 Å². The number of nitrogens with one attached hydrogen (secondary N) is 1. The number of rotatable bonds is 5. The summed E-state index contributed by atoms with van der Waals surface area (Å²) in [6.45, 7) is 1.24. The van der Waals surface area contributed by atoms with Gasteiger partial charge in [-0.3, -0.25) is 4.79 Å². The predicted octanol–water partition coefficient (Wildman–Crippen LogP) is 3.77. The Kier molecular flexibility index (Phi) is 5.05. The van der Waals surface area contributed by atoms with Crippen molar-refractivity contribution >= 4 is 11.6 Å². The van der Waals surface area contributed by atoms with E-state index in [-0.39, 0.29) is 11.8 Å². The zero-order valence-electron chi connectivity index (χ0n) is 12.9. The zero-order valence-corrected chi connectivity index (χ0v) is 12.9. The third kappa shape index (κ3) is 4.08. The minimum atomic E-state index is -0.693. The van der Waals surface area contributed by atoms with Crippen LogP contribution in [0.15, 0.2) is 42.5 Å². The Bertz CT molecular complexity index is 713. The zero-order chi connectivity index (χ0) is 16.9. The van der Waals surface area contributed by atoms with Crippen LogP contribution in [0.2, 0.25) is 0 Å². The van der Waals surface area contributed by atoms with Crippen LogP contribution in [0, 0.1) is 11.6 Å². The summed E-state index contributed by atoms with van der Waals surface area (Å²) in [5, 5.41) is 2.35. The normalized spacial score (nSPS) is 16.8. The van der Waals surface area contributed by atoms with E-state index in [1.165, 1.54) is 0 Å². The average Bonchev–Trinajstić information content (AvgIpc) is 3.10. The molecule has 3 rings (SSSR count). The number of anilines is 1. The minimum absolute atomic E-state index is 0.115. The van der Waals surface area contributed by atoms with Gasteiger partial charge in [0.15, 0.2) is 0 Å². The molecule has 1 fully saturated rings. The molecule has 1 atom stereocenters. The quantitative estimate of drug-likeness (QED) is 0.906. The molecule has 6 heteroatoms. The molecule has 1 amide bonds. The molecule has 0 bridgehead atoms. The van der Waals surface area contributed by atoms with Crippen molar-refractivity contribution in [1.29, 1.82) is 0 Å². The van der Waals surface area contributed by atoms with E-state index in [0.29, 0.717) is 17.9 Å². The molecule has 0 spiro atoms. The fraction of sp³-hybridized carbons (Fsp3) is 0.278. The van der Waals surface area contributed by atoms with Crippen LogP contribution in [0.5, 0.6) is 5.75 Å². The monoisotopic (exact) mass is 333 g/mol. The van der Waals surface area contributed by atoms with Crippen LogP contribution in [0.25, 0.3) is 0 Å². The summed E-state index contributed by atoms with van der Waals surface area (Å²) in [5.41, 5.74) is 0.127. The van der Waals surface area contributed by atoms with Gasteiger partial charge < -0.3 is 14.8 Å². The molecule has 4 nitrogen and oxygen atoms in total. The van der Waals surface area contributed by atoms with Gasteiger partial charge in [0.05, 0.1) is 11.8 Å². The number of hydrogen-bond acceptors (Lipinski definition) is 3. The first kappa shape index (κ1) is 16.4. The van der Waals surface area contributed by atoms with Crippen LogP contribution in [0.3, 0.4) is 0 Å². The second kappa shape index (κ2) is 7.40. The van der Waals surface area contributed by atoms with Crippen molar-refractivity contribution in [2.75, 3.05) is 18.5 Å². The second-order valence-electron chi connectivity index (χ2n) is 5.55. The molecule has 1 heterocycles. The Morgan fingerprint density at radius 1 is 1.21 bits per heavy atom. The van der Waals surface area contributed by atoms with E-state index in [1.807, 2.05) is 0 Å². The van der Waals surface area contributed by atoms with Crippen molar-refractivity contribution in [2.24, 2.45) is 0 Å². The van der Waals surface area contributed by atoms with Gasteiger partial charge in [0.25, 0.3) is 5.91 Å². The predicted molar refractivity (Wildman–Crippen MR) is 85.2 cm³/mol. The topological polar surface area (TPSA) is 47.6 Å². The van der Waals surface area contributed by atoms with Crippen molar-refractivity contribution in [3.05, 3.63) is 59.7 Å². The van der Waals surface area contributed by atoms with Gasteiger partial charge in [-0.1, -0.05) is 0 Å². The molecule has 24 heavy (non-hydrogen) atoms. The maximum atomic E-state index is 13.5. The smallest absolute Gasteiger partial charge is 0.255 e. The lowest BCUT2D eigenvalue weighted by atomic mass is 10.2. The molecular weight excluding hydrogens is 316 g/mol. The number of ether oxygens (including phenoxy) is 2. The van der Waals surface area contributed by atoms with Gasteiger partial charge in [-0.25, -0.2) is 8.78 Å². The Hall–Kier alpha value is -2.47. The van der Waals surface area contributed by atoms with Crippen LogP contribution in [0.1, 0.15) is 23.2 Å². The van der Waals surface area contributed by atoms with Crippen LogP contribution in [-0.2, 0) is 4.74 Å². The Balaban J connectivity index is 1.59. The molecule has 126 valence electrons. The second-order valence-corrected chi connectivity index (χ2v) is 5.55. The molecule has 0 aliphatic carbocycles. The van der Waals surface area contributed by atoms with E-state index in [0.717, 1.165) is 37.6 Å². The lowest BCUT2D eigenvalue weighted by Crippen LogP contribution is -2.16. The third-order valence-electron chi connectivity index (χ3n) is 3.75. The van der Waals surface area contributed by atoms with E-state index in [1.54, 1.807) is 24.3 Å². The SMILES string of the molecule is O=C(Nc1cc(F)ccc1F)c1ccc(OCC2CCCO2)cc1. The van der Waals surface area contributed by atoms with Crippen molar-refractivity contribution in [1.82, 2.24) is 0 Å². The summed E-state index contributed by atoms with van der Waals surface area (Å²) >= 11 is 0. The lowest BCUT2D eigenvalue weighted by molar-refractivity contribution is 0.0679. The maximum Gasteiger partial charge on any atom is 0.255 e. The highest BCUT2D eigenvalue weighted by Crippen LogP contribution is 2.19. The number of benzene rings is 2. The summed E-state index contributed by atoms with van der Waals surface area (Å²) in [4.78, 5) is 12.1. The number of carbonyl (C=O) groups excluding carboxylic acids is 1. The van der Waals surface area contributed by atoms with Crippen LogP contribution in [0.4, 0.5) is 14.5 Å². The number of amides is 1. The third-order valence-corrected chi connectivity index (χ3v) is 3.75. The van der Waals surface area contributed by atoms with Gasteiger partial charge in [-0.05, 0) is 49.2 Å². The molecule has 1 unspecified atom stereocenters. The van der Waals surface area contributed by atoms with Gasteiger partial charge in [0, 0.05) is 18.2 Å². The number of hydrogen-bond donors (Lipinski definition) is 1. The molecule has 1 N–H and O–H groups in total. The Morgan fingerprint density at radius 2 is 2.00 bits per heavy atom. The molecule has 2 aromatic rings. The van der Waals surface area contributed by atoms with Gasteiger partial charge in [-0.15, -0.1) is 0 Å². The van der Waals surface area contributed by atoms with E-state index in [4.69, 9.17) is 9.47 Å². The van der Waals surface area contributed by atoms with E-state index < -0.39 is 17.5 Å². The summed E-state index contributed by atoms with van der Waals surface area (Å²) in [5.74, 6) is -1.21. The maximum absolute atomic E-state index is 13.5. The molecule has 0 radical (unpaired) electrons. The average molecular weight is 333 g/mol. The Labute approximate surface area is 138 Å². The van der Waals surface area contributed by atoms with Gasteiger partial charge in [0.2, 0.25) is 0 Å². The highest BCUT2D eigenvalue weighted by Gasteiger charge is 2.16. The van der Waals surface area contributed by atoms with E-state index in [2.05, 4.69) is 5.32 Å². The molecular formula is C18H17F2NO3. The Morgan fingerprint density at radius 3 is 2.71 bits per heavy atom. The standard InChI is InChI=1S/C18H17F2NO3/c19-13-5-8-16(20)17(10-13)21-18(22)12-3-6-14(7-4-12)24-11-15-2-1-9-23-15/h3-8,10,15H,1-2,9,11H2,(H,21,22). The van der Waals surface area contributed by atoms with Crippen LogP contribution >= 0.6 is 0 Å². The first-order valence-corrected chi connectivity index (χ1v) is 7.73. The molecule has 1 aliphatic rings. The van der Waals surface area contributed by atoms with Gasteiger partial charge >= 0.3 is 0 Å². The number of carbonyl (C=O) groups is 1. The fourth-order valence-electron chi connectivity index (χ4n) is 2.46. The largest absolute Gasteiger partial charge is 0.491 e. The highest BCUT2D eigenvalue weighted by molar-refractivity contribution is 6.04. The van der Waals surface area contributed by atoms with E-state index in [9.17, 15) is 13.6 Å². The summed E-state index contributed by atoms with van der Waals surface area (Å²) in [6.07, 6.45) is 2.15. The lowest BCUT2D eigenvalue weighted by Gasteiger charge is -2.12. The molecule has 1 aliphatic heterocycles. The fourth-order valence-corrected chi connectivity index (χ4v) is 2.46. The van der Waals surface area contributed by atoms with Crippen LogP contribution < -0.4 is 10.1 Å². The van der Waals surface area contributed by atoms with Crippen LogP contribution in [-0.4, -0.2) is 25.2 Å². The first-order chi connectivity index (χ1) is 11.6. The first-order valence-electron chi connectivity index (χ1n) is 7.73.